The predicted molar refractivity (Wildman–Crippen MR) is 84.2 cm³/mol. The normalized spacial score (nSPS) is 23.1. The van der Waals surface area contributed by atoms with E-state index >= 15 is 0 Å². The van der Waals surface area contributed by atoms with E-state index in [-0.39, 0.29) is 5.91 Å². The van der Waals surface area contributed by atoms with Crippen molar-refractivity contribution in [1.29, 1.82) is 0 Å². The van der Waals surface area contributed by atoms with E-state index in [9.17, 15) is 4.79 Å². The molecule has 2 unspecified atom stereocenters. The molecular weight excluding hydrogens is 426 g/mol. The first-order valence-corrected chi connectivity index (χ1v) is 8.45. The summed E-state index contributed by atoms with van der Waals surface area (Å²) in [6.45, 7) is 0.747. The number of halogens is 3. The van der Waals surface area contributed by atoms with Gasteiger partial charge in [0, 0.05) is 20.3 Å². The van der Waals surface area contributed by atoms with E-state index in [0.29, 0.717) is 16.3 Å². The van der Waals surface area contributed by atoms with Crippen LogP contribution in [0.25, 0.3) is 0 Å². The molecule has 0 aromatic heterocycles. The van der Waals surface area contributed by atoms with Crippen molar-refractivity contribution in [3.05, 3.63) is 32.7 Å². The van der Waals surface area contributed by atoms with Gasteiger partial charge in [-0.15, -0.1) is 0 Å². The van der Waals surface area contributed by atoms with Gasteiger partial charge in [-0.2, -0.15) is 0 Å². The summed E-state index contributed by atoms with van der Waals surface area (Å²) in [5.74, 6) is 0.546. The smallest absolute Gasteiger partial charge is 0.252 e. The highest BCUT2D eigenvalue weighted by molar-refractivity contribution is 9.11. The van der Waals surface area contributed by atoms with Crippen LogP contribution in [-0.2, 0) is 0 Å². The van der Waals surface area contributed by atoms with Gasteiger partial charge in [0.15, 0.2) is 0 Å². The lowest BCUT2D eigenvalue weighted by molar-refractivity contribution is 0.0947. The zero-order valence-electron chi connectivity index (χ0n) is 9.76. The van der Waals surface area contributed by atoms with Crippen molar-refractivity contribution in [2.75, 3.05) is 6.54 Å². The molecule has 0 saturated heterocycles. The standard InChI is InChI=1S/C13H14Br3NO/c14-9-4-5-10(12(16)6-9)13(18)17-7-8-2-1-3-11(8)15/h4-6,8,11H,1-3,7H2,(H,17,18). The Hall–Kier alpha value is 0.130. The van der Waals surface area contributed by atoms with Crippen LogP contribution in [0.5, 0.6) is 0 Å². The first-order valence-electron chi connectivity index (χ1n) is 5.95. The molecule has 1 amide bonds. The lowest BCUT2D eigenvalue weighted by Crippen LogP contribution is -2.31. The van der Waals surface area contributed by atoms with Gasteiger partial charge < -0.3 is 5.32 Å². The van der Waals surface area contributed by atoms with Crippen LogP contribution in [0, 0.1) is 5.92 Å². The molecule has 5 heteroatoms. The summed E-state index contributed by atoms with van der Waals surface area (Å²) >= 11 is 10.5. The Bertz CT molecular complexity index is 450. The second kappa shape index (κ2) is 6.53. The van der Waals surface area contributed by atoms with E-state index in [1.165, 1.54) is 19.3 Å². The van der Waals surface area contributed by atoms with Gasteiger partial charge in [-0.1, -0.05) is 38.3 Å². The molecule has 18 heavy (non-hydrogen) atoms. The molecule has 1 N–H and O–H groups in total. The fraction of sp³-hybridized carbons (Fsp3) is 0.462. The van der Waals surface area contributed by atoms with Crippen molar-refractivity contribution in [3.63, 3.8) is 0 Å². The fourth-order valence-electron chi connectivity index (χ4n) is 2.21. The van der Waals surface area contributed by atoms with Crippen LogP contribution >= 0.6 is 47.8 Å². The average Bonchev–Trinajstić information content (AvgIpc) is 2.72. The van der Waals surface area contributed by atoms with E-state index < -0.39 is 0 Å². The van der Waals surface area contributed by atoms with Gasteiger partial charge in [-0.25, -0.2) is 0 Å². The Morgan fingerprint density at radius 3 is 2.72 bits per heavy atom. The van der Waals surface area contributed by atoms with Gasteiger partial charge in [-0.3, -0.25) is 4.79 Å². The molecule has 0 bridgehead atoms. The van der Waals surface area contributed by atoms with Crippen molar-refractivity contribution < 1.29 is 4.79 Å². The molecule has 1 aliphatic carbocycles. The molecular formula is C13H14Br3NO. The van der Waals surface area contributed by atoms with E-state index in [4.69, 9.17) is 0 Å². The SMILES string of the molecule is O=C(NCC1CCCC1Br)c1ccc(Br)cc1Br. The first-order chi connectivity index (χ1) is 8.58. The fourth-order valence-corrected chi connectivity index (χ4v) is 4.22. The van der Waals surface area contributed by atoms with E-state index in [1.807, 2.05) is 18.2 Å². The third kappa shape index (κ3) is 3.58. The second-order valence-electron chi connectivity index (χ2n) is 4.54. The van der Waals surface area contributed by atoms with Gasteiger partial charge in [0.25, 0.3) is 5.91 Å². The molecule has 1 aromatic rings. The molecule has 2 rings (SSSR count). The third-order valence-corrected chi connectivity index (χ3v) is 5.62. The quantitative estimate of drug-likeness (QED) is 0.690. The van der Waals surface area contributed by atoms with Crippen LogP contribution in [0.1, 0.15) is 29.6 Å². The Morgan fingerprint density at radius 2 is 2.11 bits per heavy atom. The summed E-state index contributed by atoms with van der Waals surface area (Å²) in [7, 11) is 0. The summed E-state index contributed by atoms with van der Waals surface area (Å²) < 4.78 is 1.78. The summed E-state index contributed by atoms with van der Waals surface area (Å²) in [5, 5.41) is 3.02. The largest absolute Gasteiger partial charge is 0.352 e. The van der Waals surface area contributed by atoms with E-state index in [0.717, 1.165) is 15.5 Å². The Kier molecular flexibility index (Phi) is 5.27. The van der Waals surface area contributed by atoms with Gasteiger partial charge in [0.1, 0.15) is 0 Å². The first kappa shape index (κ1) is 14.5. The molecule has 0 spiro atoms. The maximum atomic E-state index is 12.1. The number of benzene rings is 1. The van der Waals surface area contributed by atoms with Crippen molar-refractivity contribution in [2.45, 2.75) is 24.1 Å². The number of alkyl halides is 1. The highest BCUT2D eigenvalue weighted by atomic mass is 79.9. The van der Waals surface area contributed by atoms with Crippen LogP contribution in [0.3, 0.4) is 0 Å². The molecule has 0 aliphatic heterocycles. The highest BCUT2D eigenvalue weighted by Gasteiger charge is 2.25. The number of rotatable bonds is 3. The molecule has 1 aromatic carbocycles. The number of carbonyl (C=O) groups is 1. The van der Waals surface area contributed by atoms with Crippen LogP contribution < -0.4 is 5.32 Å². The molecule has 0 heterocycles. The Labute approximate surface area is 132 Å². The summed E-state index contributed by atoms with van der Waals surface area (Å²) in [6, 6.07) is 5.59. The maximum absolute atomic E-state index is 12.1. The van der Waals surface area contributed by atoms with Crippen LogP contribution in [-0.4, -0.2) is 17.3 Å². The van der Waals surface area contributed by atoms with E-state index in [2.05, 4.69) is 53.1 Å². The number of amides is 1. The molecule has 0 radical (unpaired) electrons. The molecule has 1 aliphatic rings. The monoisotopic (exact) mass is 437 g/mol. The van der Waals surface area contributed by atoms with Crippen molar-refractivity contribution in [2.24, 2.45) is 5.92 Å². The molecule has 2 atom stereocenters. The lowest BCUT2D eigenvalue weighted by Gasteiger charge is -2.15. The topological polar surface area (TPSA) is 29.1 Å². The summed E-state index contributed by atoms with van der Waals surface area (Å²) in [5.41, 5.74) is 0.683. The minimum absolute atomic E-state index is 0.0130. The minimum Gasteiger partial charge on any atom is -0.352 e. The summed E-state index contributed by atoms with van der Waals surface area (Å²) in [4.78, 5) is 12.6. The third-order valence-electron chi connectivity index (χ3n) is 3.27. The predicted octanol–water partition coefficient (Wildman–Crippen LogP) is 4.51. The van der Waals surface area contributed by atoms with Crippen molar-refractivity contribution in [3.8, 4) is 0 Å². The molecule has 98 valence electrons. The molecule has 2 nitrogen and oxygen atoms in total. The number of nitrogens with one attached hydrogen (secondary N) is 1. The Balaban J connectivity index is 1.95. The lowest BCUT2D eigenvalue weighted by atomic mass is 10.1. The van der Waals surface area contributed by atoms with Gasteiger partial charge in [0.2, 0.25) is 0 Å². The maximum Gasteiger partial charge on any atom is 0.252 e. The van der Waals surface area contributed by atoms with E-state index in [1.54, 1.807) is 0 Å². The van der Waals surface area contributed by atoms with Gasteiger partial charge in [0.05, 0.1) is 5.56 Å². The second-order valence-corrected chi connectivity index (χ2v) is 7.49. The summed E-state index contributed by atoms with van der Waals surface area (Å²) in [6.07, 6.45) is 3.65. The van der Waals surface area contributed by atoms with Crippen molar-refractivity contribution in [1.82, 2.24) is 5.32 Å². The zero-order chi connectivity index (χ0) is 13.1. The number of hydrogen-bond donors (Lipinski definition) is 1. The molecule has 1 saturated carbocycles. The Morgan fingerprint density at radius 1 is 1.33 bits per heavy atom. The van der Waals surface area contributed by atoms with Crippen LogP contribution in [0.2, 0.25) is 0 Å². The minimum atomic E-state index is -0.0130. The average molecular weight is 440 g/mol. The number of hydrogen-bond acceptors (Lipinski definition) is 1. The van der Waals surface area contributed by atoms with Crippen molar-refractivity contribution >= 4 is 53.7 Å². The van der Waals surface area contributed by atoms with Crippen LogP contribution in [0.15, 0.2) is 27.1 Å². The zero-order valence-corrected chi connectivity index (χ0v) is 14.5. The van der Waals surface area contributed by atoms with Crippen LogP contribution in [0.4, 0.5) is 0 Å². The highest BCUT2D eigenvalue weighted by Crippen LogP contribution is 2.31. The van der Waals surface area contributed by atoms with Gasteiger partial charge in [-0.05, 0) is 52.9 Å². The molecule has 1 fully saturated rings. The van der Waals surface area contributed by atoms with Gasteiger partial charge >= 0.3 is 0 Å². The number of carbonyl (C=O) groups excluding carboxylic acids is 1.